The molecule has 88 valence electrons. The van der Waals surface area contributed by atoms with Crippen LogP contribution in [-0.2, 0) is 7.05 Å². The molecule has 2 heterocycles. The Balaban J connectivity index is 2.09. The van der Waals surface area contributed by atoms with Crippen molar-refractivity contribution < 1.29 is 4.79 Å². The maximum Gasteiger partial charge on any atom is 0.274 e. The van der Waals surface area contributed by atoms with E-state index in [-0.39, 0.29) is 5.91 Å². The summed E-state index contributed by atoms with van der Waals surface area (Å²) in [6.07, 6.45) is 2.78. The van der Waals surface area contributed by atoms with Crippen molar-refractivity contribution in [1.29, 1.82) is 0 Å². The zero-order chi connectivity index (χ0) is 11.5. The summed E-state index contributed by atoms with van der Waals surface area (Å²) in [5.74, 6) is 0.0500. The van der Waals surface area contributed by atoms with E-state index in [9.17, 15) is 4.79 Å². The number of carbonyl (C=O) groups is 1. The van der Waals surface area contributed by atoms with Crippen LogP contribution in [-0.4, -0.2) is 46.3 Å². The van der Waals surface area contributed by atoms with Gasteiger partial charge in [0.25, 0.3) is 5.91 Å². The lowest BCUT2D eigenvalue weighted by atomic mass is 10.1. The van der Waals surface area contributed by atoms with Crippen LogP contribution < -0.4 is 5.32 Å². The van der Waals surface area contributed by atoms with Crippen molar-refractivity contribution in [3.8, 4) is 0 Å². The number of hydrogen-bond acceptors (Lipinski definition) is 3. The molecule has 0 saturated carbocycles. The second-order valence-electron chi connectivity index (χ2n) is 4.19. The minimum absolute atomic E-state index is 0.0500. The molecule has 0 aliphatic carbocycles. The van der Waals surface area contributed by atoms with Crippen LogP contribution in [0.1, 0.15) is 23.8 Å². The van der Waals surface area contributed by atoms with E-state index >= 15 is 0 Å². The van der Waals surface area contributed by atoms with Gasteiger partial charge in [-0.3, -0.25) is 9.48 Å². The number of nitrogens with zero attached hydrogens (tertiary/aromatic N) is 3. The Kier molecular flexibility index (Phi) is 3.24. The van der Waals surface area contributed by atoms with Gasteiger partial charge in [-0.25, -0.2) is 0 Å². The zero-order valence-corrected chi connectivity index (χ0v) is 9.81. The van der Waals surface area contributed by atoms with Crippen LogP contribution in [0.3, 0.4) is 0 Å². The number of aryl methyl sites for hydroxylation is 1. The standard InChI is InChI=1S/C11H18N4O/c1-3-5-15(9-7-12-8-9)11(16)10-4-6-14(2)13-10/h4,6,9,12H,3,5,7-8H2,1-2H3. The summed E-state index contributed by atoms with van der Waals surface area (Å²) in [5, 5.41) is 7.35. The van der Waals surface area contributed by atoms with Crippen molar-refractivity contribution in [1.82, 2.24) is 20.0 Å². The van der Waals surface area contributed by atoms with Crippen molar-refractivity contribution in [3.63, 3.8) is 0 Å². The molecule has 5 nitrogen and oxygen atoms in total. The van der Waals surface area contributed by atoms with Crippen LogP contribution in [0.2, 0.25) is 0 Å². The summed E-state index contributed by atoms with van der Waals surface area (Å²) in [5.41, 5.74) is 0.544. The van der Waals surface area contributed by atoms with E-state index in [0.717, 1.165) is 26.1 Å². The highest BCUT2D eigenvalue weighted by Gasteiger charge is 2.29. The third-order valence-electron chi connectivity index (χ3n) is 2.86. The quantitative estimate of drug-likeness (QED) is 0.794. The Labute approximate surface area is 95.4 Å². The molecule has 1 fully saturated rings. The first-order valence-corrected chi connectivity index (χ1v) is 5.73. The third kappa shape index (κ3) is 2.09. The number of carbonyl (C=O) groups excluding carboxylic acids is 1. The summed E-state index contributed by atoms with van der Waals surface area (Å²) in [6.45, 7) is 4.70. The van der Waals surface area contributed by atoms with Crippen molar-refractivity contribution in [3.05, 3.63) is 18.0 Å². The molecule has 0 aromatic carbocycles. The van der Waals surface area contributed by atoms with Crippen LogP contribution in [0.25, 0.3) is 0 Å². The monoisotopic (exact) mass is 222 g/mol. The van der Waals surface area contributed by atoms with Crippen molar-refractivity contribution in [2.45, 2.75) is 19.4 Å². The van der Waals surface area contributed by atoms with Crippen LogP contribution in [0.5, 0.6) is 0 Å². The van der Waals surface area contributed by atoms with Crippen LogP contribution in [0.15, 0.2) is 12.3 Å². The Morgan fingerprint density at radius 3 is 2.88 bits per heavy atom. The molecule has 1 N–H and O–H groups in total. The highest BCUT2D eigenvalue weighted by molar-refractivity contribution is 5.92. The zero-order valence-electron chi connectivity index (χ0n) is 9.81. The van der Waals surface area contributed by atoms with Crippen molar-refractivity contribution in [2.75, 3.05) is 19.6 Å². The number of amides is 1. The Morgan fingerprint density at radius 2 is 2.44 bits per heavy atom. The first-order chi connectivity index (χ1) is 7.72. The average molecular weight is 222 g/mol. The number of rotatable bonds is 4. The fraction of sp³-hybridized carbons (Fsp3) is 0.636. The fourth-order valence-electron chi connectivity index (χ4n) is 1.86. The highest BCUT2D eigenvalue weighted by atomic mass is 16.2. The Morgan fingerprint density at radius 1 is 1.69 bits per heavy atom. The Bertz CT molecular complexity index is 370. The maximum atomic E-state index is 12.2. The fourth-order valence-corrected chi connectivity index (χ4v) is 1.86. The normalized spacial score (nSPS) is 15.9. The van der Waals surface area contributed by atoms with Gasteiger partial charge in [0.05, 0.1) is 6.04 Å². The number of nitrogens with one attached hydrogen (secondary N) is 1. The van der Waals surface area contributed by atoms with Gasteiger partial charge in [-0.1, -0.05) is 6.92 Å². The molecular weight excluding hydrogens is 204 g/mol. The molecule has 1 aliphatic heterocycles. The molecule has 0 spiro atoms. The first-order valence-electron chi connectivity index (χ1n) is 5.73. The van der Waals surface area contributed by atoms with Crippen LogP contribution in [0, 0.1) is 0 Å². The van der Waals surface area contributed by atoms with Crippen LogP contribution >= 0.6 is 0 Å². The van der Waals surface area contributed by atoms with E-state index < -0.39 is 0 Å². The largest absolute Gasteiger partial charge is 0.332 e. The van der Waals surface area contributed by atoms with Gasteiger partial charge in [0.2, 0.25) is 0 Å². The average Bonchev–Trinajstić information content (AvgIpc) is 2.60. The summed E-state index contributed by atoms with van der Waals surface area (Å²) >= 11 is 0. The maximum absolute atomic E-state index is 12.2. The lowest BCUT2D eigenvalue weighted by Crippen LogP contribution is -2.59. The predicted molar refractivity (Wildman–Crippen MR) is 61.2 cm³/mol. The highest BCUT2D eigenvalue weighted by Crippen LogP contribution is 2.10. The van der Waals surface area contributed by atoms with Crippen LogP contribution in [0.4, 0.5) is 0 Å². The molecule has 0 unspecified atom stereocenters. The summed E-state index contributed by atoms with van der Waals surface area (Å²) in [7, 11) is 1.83. The van der Waals surface area contributed by atoms with Gasteiger partial charge in [-0.2, -0.15) is 5.10 Å². The third-order valence-corrected chi connectivity index (χ3v) is 2.86. The van der Waals surface area contributed by atoms with Gasteiger partial charge in [-0.05, 0) is 12.5 Å². The van der Waals surface area contributed by atoms with Crippen molar-refractivity contribution >= 4 is 5.91 Å². The molecule has 2 rings (SSSR count). The topological polar surface area (TPSA) is 50.2 Å². The molecule has 1 aromatic rings. The molecule has 0 atom stereocenters. The molecule has 0 radical (unpaired) electrons. The minimum atomic E-state index is 0.0500. The lowest BCUT2D eigenvalue weighted by molar-refractivity contribution is 0.0609. The van der Waals surface area contributed by atoms with E-state index in [1.165, 1.54) is 0 Å². The van der Waals surface area contributed by atoms with Gasteiger partial charge in [0, 0.05) is 32.9 Å². The lowest BCUT2D eigenvalue weighted by Gasteiger charge is -2.37. The Hall–Kier alpha value is -1.36. The molecule has 1 saturated heterocycles. The number of hydrogen-bond donors (Lipinski definition) is 1. The SMILES string of the molecule is CCCN(C(=O)c1ccn(C)n1)C1CNC1. The smallest absolute Gasteiger partial charge is 0.274 e. The summed E-state index contributed by atoms with van der Waals surface area (Å²) in [4.78, 5) is 14.1. The predicted octanol–water partition coefficient (Wildman–Crippen LogP) is 0.244. The van der Waals surface area contributed by atoms with Gasteiger partial charge in [-0.15, -0.1) is 0 Å². The van der Waals surface area contributed by atoms with E-state index in [1.807, 2.05) is 11.9 Å². The molecule has 16 heavy (non-hydrogen) atoms. The minimum Gasteiger partial charge on any atom is -0.332 e. The van der Waals surface area contributed by atoms with Gasteiger partial charge in [0.1, 0.15) is 5.69 Å². The first kappa shape index (κ1) is 11.1. The molecule has 0 bridgehead atoms. The second-order valence-corrected chi connectivity index (χ2v) is 4.19. The molecule has 1 aliphatic rings. The van der Waals surface area contributed by atoms with E-state index in [1.54, 1.807) is 16.9 Å². The van der Waals surface area contributed by atoms with Gasteiger partial charge >= 0.3 is 0 Å². The molecular formula is C11H18N4O. The van der Waals surface area contributed by atoms with E-state index in [0.29, 0.717) is 11.7 Å². The van der Waals surface area contributed by atoms with Gasteiger partial charge in [0.15, 0.2) is 0 Å². The van der Waals surface area contributed by atoms with E-state index in [2.05, 4.69) is 17.3 Å². The molecule has 1 aromatic heterocycles. The molecule has 1 amide bonds. The van der Waals surface area contributed by atoms with E-state index in [4.69, 9.17) is 0 Å². The second kappa shape index (κ2) is 4.65. The summed E-state index contributed by atoms with van der Waals surface area (Å²) < 4.78 is 1.66. The number of aromatic nitrogens is 2. The molecule has 5 heteroatoms. The van der Waals surface area contributed by atoms with Crippen molar-refractivity contribution in [2.24, 2.45) is 7.05 Å². The summed E-state index contributed by atoms with van der Waals surface area (Å²) in [6, 6.07) is 2.12. The van der Waals surface area contributed by atoms with Gasteiger partial charge < -0.3 is 10.2 Å².